The molecule has 1 aliphatic carbocycles. The molecule has 1 saturated carbocycles. The molecule has 0 saturated heterocycles. The van der Waals surface area contributed by atoms with E-state index in [1.807, 2.05) is 24.5 Å². The first-order chi connectivity index (χ1) is 16.0. The van der Waals surface area contributed by atoms with Crippen molar-refractivity contribution in [3.63, 3.8) is 0 Å². The van der Waals surface area contributed by atoms with Gasteiger partial charge in [0.1, 0.15) is 11.6 Å². The molecule has 3 N–H and O–H groups in total. The normalized spacial score (nSPS) is 23.4. The second-order valence-corrected chi connectivity index (χ2v) is 10.3. The number of aliphatic hydroxyl groups excluding tert-OH is 1. The van der Waals surface area contributed by atoms with Crippen molar-refractivity contribution in [2.75, 3.05) is 13.7 Å². The van der Waals surface area contributed by atoms with Crippen LogP contribution in [0.25, 0.3) is 16.6 Å². The summed E-state index contributed by atoms with van der Waals surface area (Å²) in [6.45, 7) is 5.81. The van der Waals surface area contributed by atoms with E-state index in [2.05, 4.69) is 6.92 Å². The van der Waals surface area contributed by atoms with E-state index in [0.717, 1.165) is 22.5 Å². The smallest absolute Gasteiger partial charge is 0.335 e. The van der Waals surface area contributed by atoms with Crippen LogP contribution < -0.4 is 0 Å². The number of aromatic hydroxyl groups is 1. The number of aliphatic carboxylic acids is 1. The first-order valence-corrected chi connectivity index (χ1v) is 11.5. The van der Waals surface area contributed by atoms with Crippen molar-refractivity contribution < 1.29 is 29.2 Å². The van der Waals surface area contributed by atoms with E-state index < -0.39 is 22.4 Å². The van der Waals surface area contributed by atoms with Crippen LogP contribution in [0.5, 0.6) is 5.75 Å². The van der Waals surface area contributed by atoms with Gasteiger partial charge in [0.05, 0.1) is 12.1 Å². The van der Waals surface area contributed by atoms with Crippen LogP contribution >= 0.6 is 0 Å². The highest BCUT2D eigenvalue weighted by Gasteiger charge is 2.49. The van der Waals surface area contributed by atoms with Crippen LogP contribution in [0.1, 0.15) is 57.7 Å². The predicted octanol–water partition coefficient (Wildman–Crippen LogP) is 5.05. The first-order valence-electron chi connectivity index (χ1n) is 11.5. The summed E-state index contributed by atoms with van der Waals surface area (Å²) in [5.41, 5.74) is 0.753. The number of phenolic OH excluding ortho intramolecular Hbond substituents is 1. The third kappa shape index (κ3) is 3.67. The fourth-order valence-corrected chi connectivity index (χ4v) is 5.44. The molecule has 1 fully saturated rings. The van der Waals surface area contributed by atoms with E-state index in [0.29, 0.717) is 31.1 Å². The van der Waals surface area contributed by atoms with Crippen molar-refractivity contribution >= 4 is 16.9 Å². The number of ether oxygens (including phenoxy) is 1. The Morgan fingerprint density at radius 2 is 1.74 bits per heavy atom. The lowest BCUT2D eigenvalue weighted by Crippen LogP contribution is -2.47. The fraction of sp³-hybridized carbons (Fsp3) is 0.444. The Morgan fingerprint density at radius 1 is 1.12 bits per heavy atom. The van der Waals surface area contributed by atoms with Crippen LogP contribution in [0.3, 0.4) is 0 Å². The largest absolute Gasteiger partial charge is 0.507 e. The molecule has 1 aromatic heterocycles. The molecule has 6 nitrogen and oxygen atoms in total. The number of benzene rings is 2. The molecule has 0 atom stereocenters. The number of rotatable bonds is 6. The molecular weight excluding hydrogens is 437 g/mol. The number of aliphatic hydroxyl groups is 1. The highest BCUT2D eigenvalue weighted by atomic mass is 19.1. The van der Waals surface area contributed by atoms with Gasteiger partial charge in [0.25, 0.3) is 0 Å². The molecule has 0 radical (unpaired) electrons. The molecule has 0 spiro atoms. The Labute approximate surface area is 198 Å². The molecule has 3 aromatic rings. The number of fused-ring (bicyclic) bond motifs is 1. The van der Waals surface area contributed by atoms with Gasteiger partial charge < -0.3 is 24.6 Å². The first kappa shape index (κ1) is 24.2. The molecule has 2 aromatic carbocycles. The quantitative estimate of drug-likeness (QED) is 0.470. The maximum absolute atomic E-state index is 13.8. The Morgan fingerprint density at radius 3 is 2.26 bits per heavy atom. The number of carbonyl (C=O) groups is 1. The summed E-state index contributed by atoms with van der Waals surface area (Å²) in [6.07, 6.45) is 1.70. The fourth-order valence-electron chi connectivity index (χ4n) is 5.44. The Bertz CT molecular complexity index is 1220. The predicted molar refractivity (Wildman–Crippen MR) is 128 cm³/mol. The number of carboxylic acid groups (broad SMARTS) is 1. The number of halogens is 1. The zero-order valence-corrected chi connectivity index (χ0v) is 20.1. The molecule has 182 valence electrons. The van der Waals surface area contributed by atoms with Crippen molar-refractivity contribution in [1.29, 1.82) is 0 Å². The number of phenols is 1. The van der Waals surface area contributed by atoms with E-state index in [1.165, 1.54) is 19.2 Å². The maximum Gasteiger partial charge on any atom is 0.335 e. The summed E-state index contributed by atoms with van der Waals surface area (Å²) >= 11 is 0. The minimum Gasteiger partial charge on any atom is -0.507 e. The average Bonchev–Trinajstić information content (AvgIpc) is 3.18. The molecule has 1 aliphatic rings. The molecular formula is C27H32FNO5. The van der Waals surface area contributed by atoms with Gasteiger partial charge in [0, 0.05) is 29.3 Å². The minimum atomic E-state index is -1.23. The highest BCUT2D eigenvalue weighted by molar-refractivity contribution is 5.94. The van der Waals surface area contributed by atoms with Crippen molar-refractivity contribution in [2.45, 2.75) is 62.9 Å². The molecule has 0 aliphatic heterocycles. The van der Waals surface area contributed by atoms with Crippen LogP contribution in [0, 0.1) is 5.82 Å². The molecule has 0 bridgehead atoms. The second kappa shape index (κ2) is 8.40. The molecule has 34 heavy (non-hydrogen) atoms. The Balaban J connectivity index is 2.03. The second-order valence-electron chi connectivity index (χ2n) is 10.3. The van der Waals surface area contributed by atoms with E-state index in [1.54, 1.807) is 24.3 Å². The van der Waals surface area contributed by atoms with Gasteiger partial charge in [0.15, 0.2) is 5.60 Å². The lowest BCUT2D eigenvalue weighted by Gasteiger charge is -2.43. The summed E-state index contributed by atoms with van der Waals surface area (Å²) in [5.74, 6) is -1.20. The van der Waals surface area contributed by atoms with Gasteiger partial charge in [-0.25, -0.2) is 9.18 Å². The monoisotopic (exact) mass is 469 g/mol. The number of methoxy groups -OCH3 is 1. The number of hydrogen-bond donors (Lipinski definition) is 3. The summed E-state index contributed by atoms with van der Waals surface area (Å²) in [7, 11) is 1.43. The van der Waals surface area contributed by atoms with Crippen LogP contribution in [0.2, 0.25) is 0 Å². The molecule has 4 rings (SSSR count). The van der Waals surface area contributed by atoms with Crippen molar-refractivity contribution in [3.05, 3.63) is 59.5 Å². The summed E-state index contributed by atoms with van der Waals surface area (Å²) in [5, 5.41) is 32.0. The van der Waals surface area contributed by atoms with Gasteiger partial charge in [-0.15, -0.1) is 0 Å². The van der Waals surface area contributed by atoms with Gasteiger partial charge in [-0.2, -0.15) is 0 Å². The lowest BCUT2D eigenvalue weighted by molar-refractivity contribution is -0.167. The number of nitrogens with zero attached hydrogens (tertiary/aromatic N) is 1. The minimum absolute atomic E-state index is 0.117. The van der Waals surface area contributed by atoms with Gasteiger partial charge in [-0.05, 0) is 73.1 Å². The standard InChI is InChI=1S/C27H32FNO5/c1-25(2,16-30)23-22(26(3)12-14-27(34-4,15-13-26)24(32)33)21-19(6-5-7-20(21)31)29(23)18-10-8-17(28)9-11-18/h5-11,30-31H,12-16H2,1-4H3,(H,32,33). The number of carboxylic acids is 1. The van der Waals surface area contributed by atoms with Crippen molar-refractivity contribution in [2.24, 2.45) is 0 Å². The van der Waals surface area contributed by atoms with Crippen LogP contribution in [0.15, 0.2) is 42.5 Å². The zero-order valence-electron chi connectivity index (χ0n) is 20.1. The molecule has 7 heteroatoms. The van der Waals surface area contributed by atoms with E-state index in [4.69, 9.17) is 4.74 Å². The molecule has 0 unspecified atom stereocenters. The van der Waals surface area contributed by atoms with E-state index >= 15 is 0 Å². The number of hydrogen-bond acceptors (Lipinski definition) is 4. The van der Waals surface area contributed by atoms with E-state index in [-0.39, 0.29) is 18.2 Å². The van der Waals surface area contributed by atoms with Gasteiger partial charge in [0.2, 0.25) is 0 Å². The SMILES string of the molecule is COC1(C(=O)O)CCC(C)(c2c(C(C)(C)CO)n(-c3ccc(F)cc3)c3cccc(O)c23)CC1. The lowest BCUT2D eigenvalue weighted by atomic mass is 9.64. The number of aromatic nitrogens is 1. The summed E-state index contributed by atoms with van der Waals surface area (Å²) in [4.78, 5) is 12.0. The van der Waals surface area contributed by atoms with Crippen LogP contribution in [-0.2, 0) is 20.4 Å². The van der Waals surface area contributed by atoms with Gasteiger partial charge >= 0.3 is 5.97 Å². The van der Waals surface area contributed by atoms with Gasteiger partial charge in [-0.1, -0.05) is 26.8 Å². The van der Waals surface area contributed by atoms with E-state index in [9.17, 15) is 24.5 Å². The topological polar surface area (TPSA) is 91.9 Å². The zero-order chi connectivity index (χ0) is 24.9. The molecule has 1 heterocycles. The Kier molecular flexibility index (Phi) is 5.98. The third-order valence-corrected chi connectivity index (χ3v) is 7.64. The highest BCUT2D eigenvalue weighted by Crippen LogP contribution is 2.52. The van der Waals surface area contributed by atoms with Crippen LogP contribution in [-0.4, -0.2) is 45.2 Å². The van der Waals surface area contributed by atoms with Crippen molar-refractivity contribution in [3.8, 4) is 11.4 Å². The maximum atomic E-state index is 13.8. The molecule has 0 amide bonds. The van der Waals surface area contributed by atoms with Crippen molar-refractivity contribution in [1.82, 2.24) is 4.57 Å². The van der Waals surface area contributed by atoms with Gasteiger partial charge in [-0.3, -0.25) is 0 Å². The Hall–Kier alpha value is -2.90. The summed E-state index contributed by atoms with van der Waals surface area (Å²) in [6, 6.07) is 11.5. The summed E-state index contributed by atoms with van der Waals surface area (Å²) < 4.78 is 21.2. The van der Waals surface area contributed by atoms with Crippen LogP contribution in [0.4, 0.5) is 4.39 Å². The third-order valence-electron chi connectivity index (χ3n) is 7.64. The average molecular weight is 470 g/mol.